The number of benzene rings is 2. The van der Waals surface area contributed by atoms with Crippen molar-refractivity contribution in [2.24, 2.45) is 5.73 Å². The molecule has 21 heteroatoms. The van der Waals surface area contributed by atoms with Crippen LogP contribution in [0.1, 0.15) is 56.8 Å². The summed E-state index contributed by atoms with van der Waals surface area (Å²) in [6.45, 7) is 6.33. The van der Waals surface area contributed by atoms with Crippen LogP contribution in [0.5, 0.6) is 0 Å². The smallest absolute Gasteiger partial charge is 0.333 e. The number of hydrogen-bond acceptors (Lipinski definition) is 14. The third-order valence-corrected chi connectivity index (χ3v) is 17.0. The van der Waals surface area contributed by atoms with Crippen LogP contribution in [0.3, 0.4) is 0 Å². The van der Waals surface area contributed by atoms with Crippen molar-refractivity contribution in [3.05, 3.63) is 71.4 Å². The fourth-order valence-corrected chi connectivity index (χ4v) is 12.4. The van der Waals surface area contributed by atoms with Crippen LogP contribution in [0.4, 0.5) is 0 Å². The van der Waals surface area contributed by atoms with Gasteiger partial charge in [0.25, 0.3) is 0 Å². The summed E-state index contributed by atoms with van der Waals surface area (Å²) in [4.78, 5) is 71.3. The Morgan fingerprint density at radius 2 is 1.67 bits per heavy atom. The van der Waals surface area contributed by atoms with Gasteiger partial charge in [-0.25, -0.2) is 31.1 Å². The molecule has 0 radical (unpaired) electrons. The summed E-state index contributed by atoms with van der Waals surface area (Å²) in [5.74, 6) is -3.30. The number of thioether (sulfide) groups is 1. The Morgan fingerprint density at radius 3 is 2.28 bits per heavy atom. The van der Waals surface area contributed by atoms with Gasteiger partial charge >= 0.3 is 11.9 Å². The van der Waals surface area contributed by atoms with Gasteiger partial charge in [0.15, 0.2) is 9.84 Å². The number of rotatable bonds is 13. The molecule has 0 aliphatic carbocycles. The maximum atomic E-state index is 13.0. The predicted octanol–water partition coefficient (Wildman–Crippen LogP) is 0.733. The van der Waals surface area contributed by atoms with E-state index in [-0.39, 0.29) is 12.2 Å². The van der Waals surface area contributed by atoms with Crippen molar-refractivity contribution in [3.8, 4) is 0 Å². The van der Waals surface area contributed by atoms with E-state index >= 15 is 0 Å². The lowest BCUT2D eigenvalue weighted by Crippen LogP contribution is -2.71. The first-order valence-corrected chi connectivity index (χ1v) is 23.2. The van der Waals surface area contributed by atoms with Gasteiger partial charge in [0, 0.05) is 28.4 Å². The monoisotopic (exact) mass is 889 g/mol. The number of H-pyrrole nitrogens is 1. The van der Waals surface area contributed by atoms with E-state index in [4.69, 9.17) is 15.2 Å². The van der Waals surface area contributed by atoms with Crippen molar-refractivity contribution in [2.45, 2.75) is 90.7 Å². The Balaban J connectivity index is 0.000000253. The van der Waals surface area contributed by atoms with Gasteiger partial charge in [0.05, 0.1) is 16.9 Å². The number of amides is 3. The number of β-lactam (4-membered cyclic amide) rings is 2. The quantitative estimate of drug-likeness (QED) is 0.105. The normalized spacial score (nSPS) is 25.0. The minimum absolute atomic E-state index is 0.0116. The number of nitrogens with zero attached hydrogens (tertiary/aromatic N) is 3. The van der Waals surface area contributed by atoms with E-state index in [0.29, 0.717) is 5.56 Å². The molecule has 0 saturated carbocycles. The third kappa shape index (κ3) is 8.39. The molecule has 4 aliphatic heterocycles. The predicted molar refractivity (Wildman–Crippen MR) is 223 cm³/mol. The van der Waals surface area contributed by atoms with Crippen LogP contribution in [0.15, 0.2) is 54.7 Å². The number of aromatic amines is 1. The number of nitrogens with one attached hydrogen (secondary N) is 3. The van der Waals surface area contributed by atoms with Gasteiger partial charge in [0.1, 0.15) is 34.9 Å². The number of carbonyl (C=O) groups excluding carboxylic acids is 5. The SMILES string of the molecule is CC1(C)S[C@@H]2[C@H](NC(=O)[C@H](N)c3ccccc3)C(=O)N2[C@H]1C(=O)OCOC(=O)[C@@H]1N2C(=O)C[C@H]2S(=O)(=O)C1(C)C.CNS(=O)(=O)Cc1ccc2[nH]cc(CCN(C)C)c2c1. The highest BCUT2D eigenvalue weighted by atomic mass is 32.2. The second kappa shape index (κ2) is 16.7. The lowest BCUT2D eigenvalue weighted by molar-refractivity contribution is -0.181. The summed E-state index contributed by atoms with van der Waals surface area (Å²) in [6, 6.07) is 10.2. The molecule has 4 saturated heterocycles. The number of ether oxygens (including phenoxy) is 2. The summed E-state index contributed by atoms with van der Waals surface area (Å²) in [7, 11) is -1.51. The number of esters is 2. The fraction of sp³-hybridized carbons (Fsp3) is 0.513. The van der Waals surface area contributed by atoms with Crippen molar-refractivity contribution >= 4 is 72.2 Å². The number of sulfone groups is 1. The number of likely N-dealkylation sites (N-methyl/N-ethyl adjacent to an activating group) is 1. The zero-order chi connectivity index (χ0) is 44.1. The molecule has 60 heavy (non-hydrogen) atoms. The molecule has 3 aromatic rings. The van der Waals surface area contributed by atoms with Gasteiger partial charge in [0.2, 0.25) is 34.5 Å². The van der Waals surface area contributed by atoms with Crippen molar-refractivity contribution in [2.75, 3.05) is 34.5 Å². The summed E-state index contributed by atoms with van der Waals surface area (Å²) in [5.41, 5.74) is 9.70. The summed E-state index contributed by atoms with van der Waals surface area (Å²) < 4.78 is 58.9. The van der Waals surface area contributed by atoms with E-state index in [2.05, 4.69) is 19.9 Å². The van der Waals surface area contributed by atoms with Crippen LogP contribution in [0.2, 0.25) is 0 Å². The number of hydrogen-bond donors (Lipinski definition) is 4. The number of carbonyl (C=O) groups is 5. The summed E-state index contributed by atoms with van der Waals surface area (Å²) >= 11 is 1.31. The highest BCUT2D eigenvalue weighted by molar-refractivity contribution is 8.01. The Bertz CT molecular complexity index is 2400. The van der Waals surface area contributed by atoms with E-state index in [1.807, 2.05) is 38.5 Å². The average Bonchev–Trinajstić information content (AvgIpc) is 3.75. The first kappa shape index (κ1) is 45.0. The second-order valence-electron chi connectivity index (χ2n) is 16.4. The zero-order valence-corrected chi connectivity index (χ0v) is 36.8. The topological polar surface area (TPSA) is 248 Å². The first-order valence-electron chi connectivity index (χ1n) is 19.2. The van der Waals surface area contributed by atoms with Gasteiger partial charge in [-0.2, -0.15) is 0 Å². The molecule has 4 aliphatic rings. The molecule has 326 valence electrons. The number of fused-ring (bicyclic) bond motifs is 3. The Hall–Kier alpha value is -4.54. The van der Waals surface area contributed by atoms with E-state index in [1.54, 1.807) is 44.2 Å². The molecule has 7 rings (SSSR count). The van der Waals surface area contributed by atoms with Crippen LogP contribution < -0.4 is 15.8 Å². The highest BCUT2D eigenvalue weighted by Gasteiger charge is 2.68. The first-order chi connectivity index (χ1) is 28.0. The molecule has 2 aromatic carbocycles. The molecule has 4 fully saturated rings. The molecule has 18 nitrogen and oxygen atoms in total. The average molecular weight is 890 g/mol. The molecule has 5 heterocycles. The molecular formula is C39H51N7O11S3. The maximum Gasteiger partial charge on any atom is 0.333 e. The Morgan fingerprint density at radius 1 is 1.02 bits per heavy atom. The lowest BCUT2D eigenvalue weighted by atomic mass is 9.95. The second-order valence-corrected chi connectivity index (χ2v) is 22.8. The Kier molecular flexibility index (Phi) is 12.5. The molecule has 6 atom stereocenters. The van der Waals surface area contributed by atoms with Crippen molar-refractivity contribution in [1.29, 1.82) is 0 Å². The van der Waals surface area contributed by atoms with Crippen LogP contribution in [-0.2, 0) is 65.5 Å². The van der Waals surface area contributed by atoms with E-state index < -0.39 is 101 Å². The van der Waals surface area contributed by atoms with Gasteiger partial charge in [-0.15, -0.1) is 11.8 Å². The standard InChI is InChI=1S/C25H30N4O9S2.C14H21N3O2S/c1-24(2)17(29-20(32)16(21(29)39-24)27-19(31)15(26)12-8-6-5-7-9-12)22(33)37-11-38-23(34)18-25(3,4)40(35,36)14-10-13(30)28(14)18;1-15-20(18,19)10-11-4-5-14-13(8-11)12(9-16-14)6-7-17(2)3/h5-9,14-18,21H,10-11,26H2,1-4H3,(H,27,31);4-5,8-9,15-16H,6-7,10H2,1-3H3/t14-,15-,16-,17+,18+,21-;/m1./s1. The largest absolute Gasteiger partial charge is 0.426 e. The van der Waals surface area contributed by atoms with E-state index in [0.717, 1.165) is 34.3 Å². The van der Waals surface area contributed by atoms with Gasteiger partial charge in [-0.3, -0.25) is 14.4 Å². The van der Waals surface area contributed by atoms with Crippen molar-refractivity contribution in [1.82, 2.24) is 29.7 Å². The van der Waals surface area contributed by atoms with Crippen LogP contribution in [-0.4, -0.2) is 139 Å². The Labute approximate surface area is 353 Å². The summed E-state index contributed by atoms with van der Waals surface area (Å²) in [6.07, 6.45) is 2.75. The van der Waals surface area contributed by atoms with Crippen molar-refractivity contribution in [3.63, 3.8) is 0 Å². The molecule has 3 amide bonds. The van der Waals surface area contributed by atoms with Gasteiger partial charge in [-0.1, -0.05) is 36.4 Å². The number of sulfonamides is 1. The van der Waals surface area contributed by atoms with Crippen molar-refractivity contribution < 1.29 is 50.3 Å². The van der Waals surface area contributed by atoms with Crippen LogP contribution in [0.25, 0.3) is 10.9 Å². The van der Waals surface area contributed by atoms with Crippen LogP contribution >= 0.6 is 11.8 Å². The molecule has 0 spiro atoms. The molecule has 1 aromatic heterocycles. The number of nitrogens with two attached hydrogens (primary N) is 1. The van der Waals surface area contributed by atoms with Gasteiger partial charge < -0.3 is 40.2 Å². The third-order valence-electron chi connectivity index (χ3n) is 11.3. The molecule has 0 bridgehead atoms. The fourth-order valence-electron chi connectivity index (χ4n) is 7.85. The van der Waals surface area contributed by atoms with E-state index in [1.165, 1.54) is 43.1 Å². The van der Waals surface area contributed by atoms with Crippen LogP contribution in [0, 0.1) is 0 Å². The number of aromatic nitrogens is 1. The van der Waals surface area contributed by atoms with Gasteiger partial charge in [-0.05, 0) is 84.1 Å². The molecule has 5 N–H and O–H groups in total. The highest BCUT2D eigenvalue weighted by Crippen LogP contribution is 2.51. The van der Waals surface area contributed by atoms with E-state index in [9.17, 15) is 40.8 Å². The minimum Gasteiger partial charge on any atom is -0.426 e. The zero-order valence-electron chi connectivity index (χ0n) is 34.3. The molecular weight excluding hydrogens is 839 g/mol. The molecule has 0 unspecified atom stereocenters. The summed E-state index contributed by atoms with van der Waals surface area (Å²) in [5, 5.41) is 2.18. The lowest BCUT2D eigenvalue weighted by Gasteiger charge is -2.44. The maximum absolute atomic E-state index is 13.0. The minimum atomic E-state index is -3.80.